The van der Waals surface area contributed by atoms with Gasteiger partial charge in [-0.05, 0) is 143 Å². The number of ketones is 1. The van der Waals surface area contributed by atoms with Crippen LogP contribution in [0.5, 0.6) is 0 Å². The second-order valence-electron chi connectivity index (χ2n) is 22.0. The summed E-state index contributed by atoms with van der Waals surface area (Å²) >= 11 is 0. The average molecular weight is 921 g/mol. The molecule has 19 atom stereocenters. The summed E-state index contributed by atoms with van der Waals surface area (Å²) in [6, 6.07) is -0.706. The van der Waals surface area contributed by atoms with Crippen molar-refractivity contribution in [3.05, 3.63) is 23.8 Å². The van der Waals surface area contributed by atoms with Crippen molar-refractivity contribution in [3.63, 3.8) is 0 Å². The third-order valence-corrected chi connectivity index (χ3v) is 17.8. The minimum Gasteiger partial charge on any atom is -0.459 e. The van der Waals surface area contributed by atoms with Crippen LogP contribution >= 0.6 is 0 Å². The molecule has 0 bridgehead atoms. The van der Waals surface area contributed by atoms with Crippen LogP contribution in [0.1, 0.15) is 140 Å². The van der Waals surface area contributed by atoms with Crippen LogP contribution in [-0.4, -0.2) is 144 Å². The summed E-state index contributed by atoms with van der Waals surface area (Å²) in [6.07, 6.45) is 2.14. The predicted molar refractivity (Wildman–Crippen MR) is 241 cm³/mol. The number of esters is 1. The maximum Gasteiger partial charge on any atom is 0.311 e. The lowest BCUT2D eigenvalue weighted by Gasteiger charge is -2.62. The van der Waals surface area contributed by atoms with E-state index in [-0.39, 0.29) is 37.7 Å². The van der Waals surface area contributed by atoms with Crippen LogP contribution in [0, 0.1) is 40.4 Å². The molecule has 2 saturated heterocycles. The fourth-order valence-electron chi connectivity index (χ4n) is 13.5. The van der Waals surface area contributed by atoms with Crippen molar-refractivity contribution in [2.45, 2.75) is 211 Å². The molecule has 5 fully saturated rings. The van der Waals surface area contributed by atoms with Crippen LogP contribution in [0.2, 0.25) is 0 Å². The van der Waals surface area contributed by atoms with Crippen molar-refractivity contribution >= 4 is 17.7 Å². The summed E-state index contributed by atoms with van der Waals surface area (Å²) in [5.41, 5.74) is -9.09. The summed E-state index contributed by atoms with van der Waals surface area (Å²) in [5, 5.41) is 74.8. The Morgan fingerprint density at radius 2 is 1.68 bits per heavy atom. The van der Waals surface area contributed by atoms with E-state index in [9.17, 15) is 45.0 Å². The van der Waals surface area contributed by atoms with Gasteiger partial charge in [-0.1, -0.05) is 39.3 Å². The lowest BCUT2D eigenvalue weighted by molar-refractivity contribution is -0.260. The Morgan fingerprint density at radius 3 is 2.34 bits per heavy atom. The monoisotopic (exact) mass is 921 g/mol. The zero-order chi connectivity index (χ0) is 48.2. The first-order valence-corrected chi connectivity index (χ1v) is 24.6. The van der Waals surface area contributed by atoms with Crippen molar-refractivity contribution in [1.82, 2.24) is 10.2 Å². The molecule has 6 aliphatic rings. The standard InChI is InChI=1S/C50H81FN2O12/c1-11-38-48(10,61)41(57)32(6)53(23-13-20-47(9,60)42(65-39-16-12-15-29(3)63-39)30(4)40(56)31(5)43(58)64-38)24-14-22-52-44(59)50(62)28(2)25-36-35-18-17-33-26-34(54)19-21-45(33,7)49(35,51)37(55)27-46(36,50)8/h19,21,26,28-32,35-42,55-57,60-62H,11-18,20,22-25,27H2,1-10H3,(H,52,59)/t28-,29-,30+,31-,32-,35?,36?,37+,38-,39+,40+,41-,42-,45+,46+,47-,48-,49+,50+/m1/s1. The molecule has 3 saturated carbocycles. The zero-order valence-electron chi connectivity index (χ0n) is 40.6. The first-order valence-electron chi connectivity index (χ1n) is 24.6. The zero-order valence-corrected chi connectivity index (χ0v) is 40.6. The number of hydrogen-bond donors (Lipinski definition) is 7. The molecule has 2 unspecified atom stereocenters. The number of allylic oxidation sites excluding steroid dienone is 4. The summed E-state index contributed by atoms with van der Waals surface area (Å²) < 4.78 is 36.2. The van der Waals surface area contributed by atoms with Gasteiger partial charge in [0.2, 0.25) is 0 Å². The van der Waals surface area contributed by atoms with E-state index >= 15 is 4.39 Å². The minimum atomic E-state index is -2.09. The van der Waals surface area contributed by atoms with Crippen LogP contribution in [-0.2, 0) is 28.6 Å². The molecule has 1 amide bonds. The van der Waals surface area contributed by atoms with Crippen molar-refractivity contribution < 1.29 is 63.6 Å². The number of ether oxygens (including phenoxy) is 3. The highest BCUT2D eigenvalue weighted by Crippen LogP contribution is 2.70. The van der Waals surface area contributed by atoms with E-state index in [1.54, 1.807) is 54.5 Å². The largest absolute Gasteiger partial charge is 0.459 e. The molecule has 4 aliphatic carbocycles. The second-order valence-corrected chi connectivity index (χ2v) is 22.0. The molecule has 14 nitrogen and oxygen atoms in total. The molecule has 0 aromatic heterocycles. The molecular weight excluding hydrogens is 840 g/mol. The molecule has 0 aromatic carbocycles. The van der Waals surface area contributed by atoms with E-state index in [4.69, 9.17) is 14.2 Å². The number of aliphatic hydroxyl groups is 6. The Bertz CT molecular complexity index is 1810. The van der Waals surface area contributed by atoms with Gasteiger partial charge in [-0.25, -0.2) is 4.39 Å². The molecule has 0 radical (unpaired) electrons. The molecule has 370 valence electrons. The van der Waals surface area contributed by atoms with Crippen LogP contribution in [0.4, 0.5) is 4.39 Å². The summed E-state index contributed by atoms with van der Waals surface area (Å²) in [4.78, 5) is 42.2. The van der Waals surface area contributed by atoms with E-state index in [2.05, 4.69) is 5.32 Å². The van der Waals surface area contributed by atoms with Crippen LogP contribution in [0.15, 0.2) is 23.8 Å². The number of nitrogens with zero attached hydrogens (tertiary/aromatic N) is 1. The summed E-state index contributed by atoms with van der Waals surface area (Å²) in [6.45, 7) is 17.9. The van der Waals surface area contributed by atoms with Gasteiger partial charge in [0, 0.05) is 41.8 Å². The Labute approximate surface area is 385 Å². The minimum absolute atomic E-state index is 0.0444. The van der Waals surface area contributed by atoms with Crippen LogP contribution in [0.3, 0.4) is 0 Å². The molecule has 2 heterocycles. The second kappa shape index (κ2) is 19.2. The number of halogens is 1. The lowest BCUT2D eigenvalue weighted by atomic mass is 9.44. The number of alkyl halides is 1. The van der Waals surface area contributed by atoms with Gasteiger partial charge in [-0.2, -0.15) is 0 Å². The molecule has 15 heteroatoms. The van der Waals surface area contributed by atoms with Gasteiger partial charge in [0.1, 0.15) is 17.8 Å². The van der Waals surface area contributed by atoms with Gasteiger partial charge >= 0.3 is 5.97 Å². The van der Waals surface area contributed by atoms with Crippen molar-refractivity contribution in [2.75, 3.05) is 19.6 Å². The number of cyclic esters (lactones) is 1. The van der Waals surface area contributed by atoms with E-state index in [1.807, 2.05) is 11.8 Å². The molecule has 0 aromatic rings. The lowest BCUT2D eigenvalue weighted by Crippen LogP contribution is -2.70. The van der Waals surface area contributed by atoms with Crippen LogP contribution in [0.25, 0.3) is 0 Å². The van der Waals surface area contributed by atoms with E-state index in [0.29, 0.717) is 57.2 Å². The molecule has 0 spiro atoms. The van der Waals surface area contributed by atoms with Gasteiger partial charge < -0.3 is 50.2 Å². The Balaban J connectivity index is 1.19. The van der Waals surface area contributed by atoms with Crippen molar-refractivity contribution in [1.29, 1.82) is 0 Å². The highest BCUT2D eigenvalue weighted by Gasteiger charge is 2.75. The fraction of sp³-hybridized carbons (Fsp3) is 0.860. The molecule has 2 aliphatic heterocycles. The van der Waals surface area contributed by atoms with E-state index in [1.165, 1.54) is 26.0 Å². The first-order chi connectivity index (χ1) is 30.2. The summed E-state index contributed by atoms with van der Waals surface area (Å²) in [5.74, 6) is -4.98. The number of rotatable bonds is 8. The fourth-order valence-corrected chi connectivity index (χ4v) is 13.5. The van der Waals surface area contributed by atoms with Gasteiger partial charge in [0.15, 0.2) is 23.3 Å². The highest BCUT2D eigenvalue weighted by molar-refractivity contribution is 6.01. The normalized spacial score (nSPS) is 49.1. The van der Waals surface area contributed by atoms with Gasteiger partial charge in [0.25, 0.3) is 5.91 Å². The number of hydrogen-bond acceptors (Lipinski definition) is 13. The van der Waals surface area contributed by atoms with Crippen LogP contribution < -0.4 is 5.32 Å². The maximum atomic E-state index is 17.7. The molecular formula is C50H81FN2O12. The molecule has 6 rings (SSSR count). The topological polar surface area (TPSA) is 216 Å². The van der Waals surface area contributed by atoms with Gasteiger partial charge in [-0.3, -0.25) is 19.3 Å². The molecule has 7 N–H and O–H groups in total. The first kappa shape index (κ1) is 52.0. The Kier molecular flexibility index (Phi) is 15.4. The number of carbonyl (C=O) groups excluding carboxylic acids is 3. The van der Waals surface area contributed by atoms with E-state index < -0.39 is 118 Å². The number of carbonyl (C=O) groups is 3. The smallest absolute Gasteiger partial charge is 0.311 e. The number of fused-ring (bicyclic) bond motifs is 5. The summed E-state index contributed by atoms with van der Waals surface area (Å²) in [7, 11) is 0. The number of nitrogens with one attached hydrogen (secondary N) is 1. The number of aliphatic hydroxyl groups excluding tert-OH is 3. The quantitative estimate of drug-likeness (QED) is 0.133. The highest BCUT2D eigenvalue weighted by atomic mass is 19.1. The predicted octanol–water partition coefficient (Wildman–Crippen LogP) is 4.44. The van der Waals surface area contributed by atoms with Crippen molar-refractivity contribution in [2.24, 2.45) is 40.4 Å². The third kappa shape index (κ3) is 9.06. The van der Waals surface area contributed by atoms with Crippen molar-refractivity contribution in [3.8, 4) is 0 Å². The Morgan fingerprint density at radius 1 is 0.985 bits per heavy atom. The molecule has 65 heavy (non-hydrogen) atoms. The Hall–Kier alpha value is -2.34. The SMILES string of the molecule is CC[C@H]1OC(=O)[C@H](C)[C@@H](O)[C@H](C)[C@@H](O[C@H]2CCC[C@@H](C)O2)[C@](C)(O)CCCN(CCCNC(=O)[C@@]2(O)[C@H](C)CC3C4CCC5=CC(=O)C=C[C@]5(C)[C@@]4(F)[C@@H](O)C[C@@]32C)[C@H](C)[C@@H](O)[C@]1(C)O. The van der Waals surface area contributed by atoms with E-state index in [0.717, 1.165) is 12.8 Å². The number of amides is 1. The van der Waals surface area contributed by atoms with Gasteiger partial charge in [-0.15, -0.1) is 0 Å². The maximum absolute atomic E-state index is 17.7. The van der Waals surface area contributed by atoms with Gasteiger partial charge in [0.05, 0.1) is 35.9 Å². The average Bonchev–Trinajstić information content (AvgIpc) is 3.45. The third-order valence-electron chi connectivity index (χ3n) is 17.8.